The van der Waals surface area contributed by atoms with Crippen LogP contribution < -0.4 is 4.74 Å². The highest BCUT2D eigenvalue weighted by Gasteiger charge is 2.38. The number of ether oxygens (including phenoxy) is 1. The summed E-state index contributed by atoms with van der Waals surface area (Å²) in [6, 6.07) is 18.5. The molecule has 0 bridgehead atoms. The van der Waals surface area contributed by atoms with E-state index in [0.29, 0.717) is 25.2 Å². The summed E-state index contributed by atoms with van der Waals surface area (Å²) in [6.45, 7) is 0.567. The highest BCUT2D eigenvalue weighted by Crippen LogP contribution is 2.40. The Morgan fingerprint density at radius 3 is 2.38 bits per heavy atom. The molecule has 0 aliphatic heterocycles. The van der Waals surface area contributed by atoms with Crippen LogP contribution in [0.15, 0.2) is 54.6 Å². The van der Waals surface area contributed by atoms with Gasteiger partial charge in [0, 0.05) is 18.4 Å². The van der Waals surface area contributed by atoms with Crippen LogP contribution in [0.4, 0.5) is 0 Å². The lowest BCUT2D eigenvalue weighted by atomic mass is 9.75. The standard InChI is InChI=1S/C21H25NO2/c1-22(2)21(13-11-19(23)12-14-21)18-9-6-10-20(15-18)24-16-17-7-4-3-5-8-17/h3-10,15H,11-14,16H2,1-2H3. The van der Waals surface area contributed by atoms with Gasteiger partial charge in [0.15, 0.2) is 0 Å². The largest absolute Gasteiger partial charge is 0.489 e. The molecule has 3 nitrogen and oxygen atoms in total. The van der Waals surface area contributed by atoms with Gasteiger partial charge in [0.2, 0.25) is 0 Å². The molecule has 0 unspecified atom stereocenters. The third-order valence-electron chi connectivity index (χ3n) is 5.11. The Morgan fingerprint density at radius 2 is 1.71 bits per heavy atom. The highest BCUT2D eigenvalue weighted by molar-refractivity contribution is 5.79. The number of ketones is 1. The number of hydrogen-bond donors (Lipinski definition) is 0. The smallest absolute Gasteiger partial charge is 0.133 e. The molecule has 0 heterocycles. The van der Waals surface area contributed by atoms with Crippen molar-refractivity contribution in [3.8, 4) is 5.75 Å². The molecule has 0 aromatic heterocycles. The number of carbonyl (C=O) groups excluding carboxylic acids is 1. The van der Waals surface area contributed by atoms with E-state index in [1.165, 1.54) is 5.56 Å². The molecule has 24 heavy (non-hydrogen) atoms. The molecular formula is C21H25NO2. The van der Waals surface area contributed by atoms with Crippen LogP contribution in [0.25, 0.3) is 0 Å². The van der Waals surface area contributed by atoms with Gasteiger partial charge >= 0.3 is 0 Å². The number of Topliss-reactive ketones (excluding diaryl/α,β-unsaturated/α-hetero) is 1. The van der Waals surface area contributed by atoms with Gasteiger partial charge in [-0.1, -0.05) is 42.5 Å². The van der Waals surface area contributed by atoms with Crippen LogP contribution in [-0.2, 0) is 16.9 Å². The molecule has 1 aliphatic rings. The van der Waals surface area contributed by atoms with E-state index >= 15 is 0 Å². The summed E-state index contributed by atoms with van der Waals surface area (Å²) in [4.78, 5) is 13.9. The zero-order valence-electron chi connectivity index (χ0n) is 14.5. The zero-order chi connectivity index (χ0) is 17.0. The average molecular weight is 323 g/mol. The van der Waals surface area contributed by atoms with E-state index < -0.39 is 0 Å². The molecule has 1 aliphatic carbocycles. The quantitative estimate of drug-likeness (QED) is 0.827. The third-order valence-corrected chi connectivity index (χ3v) is 5.11. The topological polar surface area (TPSA) is 29.5 Å². The predicted molar refractivity (Wildman–Crippen MR) is 96.1 cm³/mol. The Balaban J connectivity index is 1.79. The summed E-state index contributed by atoms with van der Waals surface area (Å²) >= 11 is 0. The molecule has 0 radical (unpaired) electrons. The van der Waals surface area contributed by atoms with Gasteiger partial charge in [-0.3, -0.25) is 9.69 Å². The summed E-state index contributed by atoms with van der Waals surface area (Å²) in [5.74, 6) is 1.26. The monoisotopic (exact) mass is 323 g/mol. The molecule has 3 heteroatoms. The van der Waals surface area contributed by atoms with E-state index in [0.717, 1.165) is 24.2 Å². The number of benzene rings is 2. The second-order valence-electron chi connectivity index (χ2n) is 6.77. The van der Waals surface area contributed by atoms with Crippen molar-refractivity contribution in [2.24, 2.45) is 0 Å². The fourth-order valence-corrected chi connectivity index (χ4v) is 3.55. The zero-order valence-corrected chi connectivity index (χ0v) is 14.5. The molecule has 0 spiro atoms. The number of carbonyl (C=O) groups is 1. The molecule has 0 atom stereocenters. The molecule has 2 aromatic rings. The van der Waals surface area contributed by atoms with E-state index in [1.807, 2.05) is 24.3 Å². The van der Waals surface area contributed by atoms with Crippen molar-refractivity contribution in [3.63, 3.8) is 0 Å². The van der Waals surface area contributed by atoms with Crippen molar-refractivity contribution in [1.82, 2.24) is 4.90 Å². The first-order chi connectivity index (χ1) is 11.6. The predicted octanol–water partition coefficient (Wildman–Crippen LogP) is 4.17. The lowest BCUT2D eigenvalue weighted by Gasteiger charge is -2.43. The lowest BCUT2D eigenvalue weighted by Crippen LogP contribution is -2.44. The van der Waals surface area contributed by atoms with Crippen molar-refractivity contribution in [1.29, 1.82) is 0 Å². The van der Waals surface area contributed by atoms with Crippen molar-refractivity contribution in [2.45, 2.75) is 37.8 Å². The minimum absolute atomic E-state index is 0.0694. The Bertz CT molecular complexity index is 684. The summed E-state index contributed by atoms with van der Waals surface area (Å²) in [7, 11) is 4.21. The Morgan fingerprint density at radius 1 is 1.00 bits per heavy atom. The van der Waals surface area contributed by atoms with Crippen molar-refractivity contribution < 1.29 is 9.53 Å². The van der Waals surface area contributed by atoms with Crippen LogP contribution in [-0.4, -0.2) is 24.8 Å². The first-order valence-electron chi connectivity index (χ1n) is 8.56. The van der Waals surface area contributed by atoms with Crippen molar-refractivity contribution in [2.75, 3.05) is 14.1 Å². The maximum Gasteiger partial charge on any atom is 0.133 e. The van der Waals surface area contributed by atoms with Gasteiger partial charge in [0.05, 0.1) is 0 Å². The lowest BCUT2D eigenvalue weighted by molar-refractivity contribution is -0.122. The van der Waals surface area contributed by atoms with Crippen LogP contribution in [0.3, 0.4) is 0 Å². The molecule has 3 rings (SSSR count). The fourth-order valence-electron chi connectivity index (χ4n) is 3.55. The molecule has 2 aromatic carbocycles. The number of rotatable bonds is 5. The van der Waals surface area contributed by atoms with Crippen molar-refractivity contribution >= 4 is 5.78 Å². The molecule has 0 amide bonds. The average Bonchev–Trinajstić information content (AvgIpc) is 2.62. The summed E-state index contributed by atoms with van der Waals surface area (Å²) in [5.41, 5.74) is 2.33. The van der Waals surface area contributed by atoms with E-state index in [4.69, 9.17) is 4.74 Å². The van der Waals surface area contributed by atoms with E-state index in [1.54, 1.807) is 0 Å². The van der Waals surface area contributed by atoms with Crippen LogP contribution in [0.2, 0.25) is 0 Å². The summed E-state index contributed by atoms with van der Waals surface area (Å²) in [5, 5.41) is 0. The summed E-state index contributed by atoms with van der Waals surface area (Å²) < 4.78 is 5.98. The number of hydrogen-bond acceptors (Lipinski definition) is 3. The van der Waals surface area contributed by atoms with Gasteiger partial charge in [-0.2, -0.15) is 0 Å². The maximum absolute atomic E-state index is 11.7. The second kappa shape index (κ2) is 7.18. The molecular weight excluding hydrogens is 298 g/mol. The minimum atomic E-state index is -0.0694. The van der Waals surface area contributed by atoms with Gasteiger partial charge in [0.1, 0.15) is 18.1 Å². The maximum atomic E-state index is 11.7. The van der Waals surface area contributed by atoms with Crippen LogP contribution in [0.5, 0.6) is 5.75 Å². The van der Waals surface area contributed by atoms with Gasteiger partial charge in [-0.25, -0.2) is 0 Å². The van der Waals surface area contributed by atoms with Gasteiger partial charge < -0.3 is 4.74 Å². The Hall–Kier alpha value is -2.13. The van der Waals surface area contributed by atoms with E-state index in [2.05, 4.69) is 49.3 Å². The minimum Gasteiger partial charge on any atom is -0.489 e. The van der Waals surface area contributed by atoms with Gasteiger partial charge in [0.25, 0.3) is 0 Å². The van der Waals surface area contributed by atoms with Crippen LogP contribution >= 0.6 is 0 Å². The molecule has 1 fully saturated rings. The molecule has 0 N–H and O–H groups in total. The van der Waals surface area contributed by atoms with Crippen molar-refractivity contribution in [3.05, 3.63) is 65.7 Å². The Labute approximate surface area is 144 Å². The molecule has 126 valence electrons. The summed E-state index contributed by atoms with van der Waals surface area (Å²) in [6.07, 6.45) is 3.07. The van der Waals surface area contributed by atoms with Gasteiger partial charge in [-0.15, -0.1) is 0 Å². The number of nitrogens with zero attached hydrogens (tertiary/aromatic N) is 1. The normalized spacial score (nSPS) is 17.0. The SMILES string of the molecule is CN(C)C1(c2cccc(OCc3ccccc3)c2)CCC(=O)CC1. The van der Waals surface area contributed by atoms with E-state index in [9.17, 15) is 4.79 Å². The first kappa shape index (κ1) is 16.7. The fraction of sp³-hybridized carbons (Fsp3) is 0.381. The third kappa shape index (κ3) is 3.51. The Kier molecular flexibility index (Phi) is 5.00. The first-order valence-corrected chi connectivity index (χ1v) is 8.56. The van der Waals surface area contributed by atoms with Gasteiger partial charge in [-0.05, 0) is 50.2 Å². The van der Waals surface area contributed by atoms with E-state index in [-0.39, 0.29) is 5.54 Å². The molecule has 1 saturated carbocycles. The van der Waals surface area contributed by atoms with Crippen LogP contribution in [0, 0.1) is 0 Å². The van der Waals surface area contributed by atoms with Crippen LogP contribution in [0.1, 0.15) is 36.8 Å². The second-order valence-corrected chi connectivity index (χ2v) is 6.77. The molecule has 0 saturated heterocycles. The highest BCUT2D eigenvalue weighted by atomic mass is 16.5.